The van der Waals surface area contributed by atoms with Crippen molar-refractivity contribution < 1.29 is 14.5 Å². The van der Waals surface area contributed by atoms with Crippen molar-refractivity contribution in [1.29, 1.82) is 0 Å². The molecule has 1 atom stereocenters. The van der Waals surface area contributed by atoms with Gasteiger partial charge in [-0.05, 0) is 55.4 Å². The summed E-state index contributed by atoms with van der Waals surface area (Å²) in [5.74, 6) is 0.429. The van der Waals surface area contributed by atoms with Crippen LogP contribution in [0.1, 0.15) is 18.1 Å². The number of nitro benzene ring substituents is 1. The summed E-state index contributed by atoms with van der Waals surface area (Å²) in [6.45, 7) is 2.73. The molecule has 1 N–H and O–H groups in total. The summed E-state index contributed by atoms with van der Waals surface area (Å²) >= 11 is 5.89. The van der Waals surface area contributed by atoms with E-state index in [1.807, 2.05) is 60.5 Å². The molecule has 3 rings (SSSR count). The second kappa shape index (κ2) is 10.7. The number of para-hydroxylation sites is 2. The van der Waals surface area contributed by atoms with E-state index in [0.29, 0.717) is 18.2 Å². The second-order valence-electron chi connectivity index (χ2n) is 7.41. The van der Waals surface area contributed by atoms with Crippen LogP contribution in [0.15, 0.2) is 72.8 Å². The summed E-state index contributed by atoms with van der Waals surface area (Å²) in [7, 11) is 1.83. The van der Waals surface area contributed by atoms with E-state index in [-0.39, 0.29) is 17.3 Å². The molecule has 0 aliphatic rings. The van der Waals surface area contributed by atoms with E-state index in [1.165, 1.54) is 12.1 Å². The largest absolute Gasteiger partial charge is 0.489 e. The molecule has 0 saturated heterocycles. The Hall–Kier alpha value is -3.42. The first-order chi connectivity index (χ1) is 15.3. The van der Waals surface area contributed by atoms with E-state index in [2.05, 4.69) is 5.32 Å². The average Bonchev–Trinajstić information content (AvgIpc) is 2.79. The SMILES string of the molecule is CC(C(=O)Nc1ccccc1[N+](=O)[O-])N(C)Cc1ccc(OCc2ccc(Cl)cc2)cc1. The molecule has 0 saturated carbocycles. The fraction of sp³-hybridized carbons (Fsp3) is 0.208. The van der Waals surface area contributed by atoms with Crippen molar-refractivity contribution in [2.75, 3.05) is 12.4 Å². The molecule has 3 aromatic carbocycles. The van der Waals surface area contributed by atoms with Gasteiger partial charge in [-0.2, -0.15) is 0 Å². The van der Waals surface area contributed by atoms with Gasteiger partial charge in [0.25, 0.3) is 5.69 Å². The summed E-state index contributed by atoms with van der Waals surface area (Å²) in [5.41, 5.74) is 2.09. The molecule has 1 unspecified atom stereocenters. The lowest BCUT2D eigenvalue weighted by molar-refractivity contribution is -0.383. The molecular weight excluding hydrogens is 430 g/mol. The van der Waals surface area contributed by atoms with Gasteiger partial charge in [-0.3, -0.25) is 19.8 Å². The zero-order chi connectivity index (χ0) is 23.1. The van der Waals surface area contributed by atoms with Crippen LogP contribution in [0, 0.1) is 10.1 Å². The minimum atomic E-state index is -0.513. The highest BCUT2D eigenvalue weighted by Gasteiger charge is 2.21. The van der Waals surface area contributed by atoms with Gasteiger partial charge in [0, 0.05) is 17.6 Å². The number of rotatable bonds is 9. The number of nitrogens with zero attached hydrogens (tertiary/aromatic N) is 2. The highest BCUT2D eigenvalue weighted by atomic mass is 35.5. The van der Waals surface area contributed by atoms with E-state index in [9.17, 15) is 14.9 Å². The maximum absolute atomic E-state index is 12.6. The van der Waals surface area contributed by atoms with Gasteiger partial charge < -0.3 is 10.1 Å². The summed E-state index contributed by atoms with van der Waals surface area (Å²) in [4.78, 5) is 25.1. The average molecular weight is 454 g/mol. The van der Waals surface area contributed by atoms with Crippen LogP contribution < -0.4 is 10.1 Å². The molecular formula is C24H24ClN3O4. The number of amides is 1. The van der Waals surface area contributed by atoms with Crippen LogP contribution >= 0.6 is 11.6 Å². The monoisotopic (exact) mass is 453 g/mol. The summed E-state index contributed by atoms with van der Waals surface area (Å²) in [6.07, 6.45) is 0. The van der Waals surface area contributed by atoms with Gasteiger partial charge in [-0.1, -0.05) is 48.0 Å². The first-order valence-corrected chi connectivity index (χ1v) is 10.4. The molecule has 3 aromatic rings. The van der Waals surface area contributed by atoms with Gasteiger partial charge in [-0.15, -0.1) is 0 Å². The number of carbonyl (C=O) groups excluding carboxylic acids is 1. The number of likely N-dealkylation sites (N-methyl/N-ethyl adjacent to an activating group) is 1. The van der Waals surface area contributed by atoms with Gasteiger partial charge in [0.2, 0.25) is 5.91 Å². The molecule has 0 aromatic heterocycles. The van der Waals surface area contributed by atoms with Gasteiger partial charge in [0.15, 0.2) is 0 Å². The molecule has 7 nitrogen and oxygen atoms in total. The molecule has 0 aliphatic carbocycles. The van der Waals surface area contributed by atoms with Crippen molar-refractivity contribution >= 4 is 28.9 Å². The van der Waals surface area contributed by atoms with Crippen LogP contribution in [-0.2, 0) is 17.9 Å². The molecule has 166 valence electrons. The maximum atomic E-state index is 12.6. The summed E-state index contributed by atoms with van der Waals surface area (Å²) in [6, 6.07) is 20.8. The first-order valence-electron chi connectivity index (χ1n) is 10.0. The molecule has 0 aliphatic heterocycles. The lowest BCUT2D eigenvalue weighted by Gasteiger charge is -2.24. The zero-order valence-electron chi connectivity index (χ0n) is 17.8. The quantitative estimate of drug-likeness (QED) is 0.351. The normalized spacial score (nSPS) is 11.8. The Balaban J connectivity index is 1.54. The molecule has 0 spiro atoms. The lowest BCUT2D eigenvalue weighted by atomic mass is 10.1. The van der Waals surface area contributed by atoms with Crippen molar-refractivity contribution in [2.45, 2.75) is 26.1 Å². The van der Waals surface area contributed by atoms with Crippen LogP contribution in [0.3, 0.4) is 0 Å². The summed E-state index contributed by atoms with van der Waals surface area (Å²) in [5, 5.41) is 14.5. The Morgan fingerprint density at radius 2 is 1.69 bits per heavy atom. The predicted molar refractivity (Wildman–Crippen MR) is 125 cm³/mol. The number of nitrogens with one attached hydrogen (secondary N) is 1. The number of hydrogen-bond acceptors (Lipinski definition) is 5. The molecule has 0 fully saturated rings. The minimum absolute atomic E-state index is 0.134. The molecule has 0 heterocycles. The number of nitro groups is 1. The van der Waals surface area contributed by atoms with Crippen LogP contribution in [0.25, 0.3) is 0 Å². The molecule has 8 heteroatoms. The summed E-state index contributed by atoms with van der Waals surface area (Å²) < 4.78 is 5.80. The van der Waals surface area contributed by atoms with Crippen molar-refractivity contribution in [3.8, 4) is 5.75 Å². The lowest BCUT2D eigenvalue weighted by Crippen LogP contribution is -2.39. The van der Waals surface area contributed by atoms with E-state index >= 15 is 0 Å². The van der Waals surface area contributed by atoms with Crippen molar-refractivity contribution in [3.63, 3.8) is 0 Å². The molecule has 0 radical (unpaired) electrons. The number of anilines is 1. The molecule has 1 amide bonds. The van der Waals surface area contributed by atoms with E-state index in [1.54, 1.807) is 19.1 Å². The van der Waals surface area contributed by atoms with E-state index < -0.39 is 11.0 Å². The Kier molecular flexibility index (Phi) is 7.81. The van der Waals surface area contributed by atoms with Crippen molar-refractivity contribution in [3.05, 3.63) is 99.1 Å². The van der Waals surface area contributed by atoms with Gasteiger partial charge in [-0.25, -0.2) is 0 Å². The highest BCUT2D eigenvalue weighted by Crippen LogP contribution is 2.24. The molecule has 0 bridgehead atoms. The Morgan fingerprint density at radius 1 is 1.06 bits per heavy atom. The van der Waals surface area contributed by atoms with Gasteiger partial charge in [0.1, 0.15) is 18.0 Å². The highest BCUT2D eigenvalue weighted by molar-refractivity contribution is 6.30. The third-order valence-electron chi connectivity index (χ3n) is 5.07. The second-order valence-corrected chi connectivity index (χ2v) is 7.85. The third kappa shape index (κ3) is 6.29. The number of halogens is 1. The number of ether oxygens (including phenoxy) is 1. The Morgan fingerprint density at radius 3 is 2.34 bits per heavy atom. The number of hydrogen-bond donors (Lipinski definition) is 1. The Bertz CT molecular complexity index is 1070. The van der Waals surface area contributed by atoms with Gasteiger partial charge in [0.05, 0.1) is 11.0 Å². The maximum Gasteiger partial charge on any atom is 0.292 e. The fourth-order valence-electron chi connectivity index (χ4n) is 3.04. The van der Waals surface area contributed by atoms with Crippen molar-refractivity contribution in [1.82, 2.24) is 4.90 Å². The topological polar surface area (TPSA) is 84.7 Å². The van der Waals surface area contributed by atoms with Crippen LogP contribution in [0.2, 0.25) is 5.02 Å². The first kappa shape index (κ1) is 23.2. The minimum Gasteiger partial charge on any atom is -0.489 e. The number of benzene rings is 3. The van der Waals surface area contributed by atoms with E-state index in [4.69, 9.17) is 16.3 Å². The standard InChI is InChI=1S/C24H24ClN3O4/c1-17(24(29)26-22-5-3-4-6-23(22)28(30)31)27(2)15-18-9-13-21(14-10-18)32-16-19-7-11-20(25)12-8-19/h3-14,17H,15-16H2,1-2H3,(H,26,29). The van der Waals surface area contributed by atoms with Crippen molar-refractivity contribution in [2.24, 2.45) is 0 Å². The van der Waals surface area contributed by atoms with Crippen LogP contribution in [-0.4, -0.2) is 28.8 Å². The number of carbonyl (C=O) groups is 1. The third-order valence-corrected chi connectivity index (χ3v) is 5.33. The smallest absolute Gasteiger partial charge is 0.292 e. The fourth-order valence-corrected chi connectivity index (χ4v) is 3.17. The van der Waals surface area contributed by atoms with Crippen LogP contribution in [0.5, 0.6) is 5.75 Å². The van der Waals surface area contributed by atoms with E-state index in [0.717, 1.165) is 16.9 Å². The van der Waals surface area contributed by atoms with Gasteiger partial charge >= 0.3 is 0 Å². The Labute approximate surface area is 191 Å². The van der Waals surface area contributed by atoms with Crippen LogP contribution in [0.4, 0.5) is 11.4 Å². The molecule has 32 heavy (non-hydrogen) atoms. The zero-order valence-corrected chi connectivity index (χ0v) is 18.6. The predicted octanol–water partition coefficient (Wildman–Crippen LogP) is 5.29.